The van der Waals surface area contributed by atoms with Gasteiger partial charge in [-0.25, -0.2) is 9.78 Å². The van der Waals surface area contributed by atoms with Crippen LogP contribution in [0, 0.1) is 0 Å². The Bertz CT molecular complexity index is 854. The van der Waals surface area contributed by atoms with E-state index in [-0.39, 0.29) is 12.3 Å². The second-order valence-electron chi connectivity index (χ2n) is 8.27. The van der Waals surface area contributed by atoms with Crippen molar-refractivity contribution in [1.82, 2.24) is 10.3 Å². The topological polar surface area (TPSA) is 91.3 Å². The van der Waals surface area contributed by atoms with Gasteiger partial charge in [-0.05, 0) is 49.3 Å². The molecule has 0 saturated heterocycles. The van der Waals surface area contributed by atoms with E-state index < -0.39 is 12.0 Å². The van der Waals surface area contributed by atoms with Crippen LogP contribution in [-0.4, -0.2) is 34.6 Å². The minimum atomic E-state index is -0.964. The van der Waals surface area contributed by atoms with Crippen molar-refractivity contribution in [2.45, 2.75) is 70.3 Å². The fourth-order valence-corrected chi connectivity index (χ4v) is 3.98. The number of aliphatic carboxylic acids is 1. The van der Waals surface area contributed by atoms with Crippen LogP contribution in [0.4, 0.5) is 5.82 Å². The van der Waals surface area contributed by atoms with Crippen LogP contribution >= 0.6 is 0 Å². The van der Waals surface area contributed by atoms with E-state index in [1.165, 1.54) is 12.0 Å². The molecule has 0 saturated carbocycles. The zero-order chi connectivity index (χ0) is 21.9. The molecular weight excluding hydrogens is 390 g/mol. The molecule has 1 aromatic carbocycles. The molecule has 0 radical (unpaired) electrons. The van der Waals surface area contributed by atoms with Crippen LogP contribution in [0.1, 0.15) is 61.8 Å². The van der Waals surface area contributed by atoms with Gasteiger partial charge in [-0.1, -0.05) is 62.1 Å². The van der Waals surface area contributed by atoms with E-state index >= 15 is 0 Å². The van der Waals surface area contributed by atoms with Gasteiger partial charge < -0.3 is 15.7 Å². The molecule has 0 spiro atoms. The molecule has 6 nitrogen and oxygen atoms in total. The van der Waals surface area contributed by atoms with E-state index in [2.05, 4.69) is 22.8 Å². The van der Waals surface area contributed by atoms with Gasteiger partial charge in [-0.3, -0.25) is 4.79 Å². The summed E-state index contributed by atoms with van der Waals surface area (Å²) >= 11 is 0. The number of carbonyl (C=O) groups excluding carboxylic acids is 1. The predicted molar refractivity (Wildman–Crippen MR) is 122 cm³/mol. The summed E-state index contributed by atoms with van der Waals surface area (Å²) in [7, 11) is 0. The van der Waals surface area contributed by atoms with Crippen molar-refractivity contribution in [3.05, 3.63) is 59.3 Å². The maximum atomic E-state index is 12.1. The molecule has 6 heteroatoms. The lowest BCUT2D eigenvalue weighted by molar-refractivity contribution is -0.142. The lowest BCUT2D eigenvalue weighted by Crippen LogP contribution is -2.41. The number of nitrogens with one attached hydrogen (secondary N) is 2. The fourth-order valence-electron chi connectivity index (χ4n) is 3.98. The fraction of sp³-hybridized carbons (Fsp3) is 0.480. The minimum Gasteiger partial charge on any atom is -0.480 e. The Morgan fingerprint density at radius 1 is 1.03 bits per heavy atom. The molecule has 0 bridgehead atoms. The Hall–Kier alpha value is -2.89. The predicted octanol–water partition coefficient (Wildman–Crippen LogP) is 4.13. The molecule has 31 heavy (non-hydrogen) atoms. The number of amides is 1. The van der Waals surface area contributed by atoms with Crippen LogP contribution in [-0.2, 0) is 28.9 Å². The third-order valence-electron chi connectivity index (χ3n) is 5.72. The number of fused-ring (bicyclic) bond motifs is 1. The number of aryl methyl sites for hydroxylation is 2. The average molecular weight is 424 g/mol. The first-order valence-electron chi connectivity index (χ1n) is 11.4. The molecule has 1 aliphatic rings. The molecule has 2 aromatic rings. The highest BCUT2D eigenvalue weighted by Gasteiger charge is 2.19. The normalized spacial score (nSPS) is 13.7. The Morgan fingerprint density at radius 3 is 2.61 bits per heavy atom. The SMILES string of the molecule is O=C(Cc1ccccc1)NC(CCCCCCCc1ccc2c(n1)NCCC2)C(=O)O. The number of rotatable bonds is 12. The van der Waals surface area contributed by atoms with E-state index in [4.69, 9.17) is 4.98 Å². The molecular formula is C25H33N3O3. The van der Waals surface area contributed by atoms with Crippen molar-refractivity contribution < 1.29 is 14.7 Å². The van der Waals surface area contributed by atoms with Crippen LogP contribution in [0.2, 0.25) is 0 Å². The molecule has 0 aliphatic carbocycles. The smallest absolute Gasteiger partial charge is 0.326 e. The number of carboxylic acid groups (broad SMARTS) is 1. The number of nitrogens with zero attached hydrogens (tertiary/aromatic N) is 1. The van der Waals surface area contributed by atoms with Gasteiger partial charge in [0.05, 0.1) is 6.42 Å². The summed E-state index contributed by atoms with van der Waals surface area (Å²) in [6, 6.07) is 12.9. The number of hydrogen-bond acceptors (Lipinski definition) is 4. The number of benzene rings is 1. The molecule has 0 fully saturated rings. The van der Waals surface area contributed by atoms with Crippen LogP contribution in [0.15, 0.2) is 42.5 Å². The summed E-state index contributed by atoms with van der Waals surface area (Å²) in [5, 5.41) is 15.5. The number of pyridine rings is 1. The Labute approximate surface area is 184 Å². The van der Waals surface area contributed by atoms with Crippen LogP contribution in [0.25, 0.3) is 0 Å². The van der Waals surface area contributed by atoms with Gasteiger partial charge in [0.25, 0.3) is 0 Å². The zero-order valence-electron chi connectivity index (χ0n) is 18.1. The van der Waals surface area contributed by atoms with Crippen molar-refractivity contribution in [3.63, 3.8) is 0 Å². The van der Waals surface area contributed by atoms with Crippen molar-refractivity contribution in [2.75, 3.05) is 11.9 Å². The van der Waals surface area contributed by atoms with Gasteiger partial charge in [-0.2, -0.15) is 0 Å². The van der Waals surface area contributed by atoms with Crippen LogP contribution in [0.5, 0.6) is 0 Å². The zero-order valence-corrected chi connectivity index (χ0v) is 18.1. The van der Waals surface area contributed by atoms with E-state index in [1.807, 2.05) is 30.3 Å². The molecule has 3 N–H and O–H groups in total. The Kier molecular flexibility index (Phi) is 8.88. The molecule has 166 valence electrons. The summed E-state index contributed by atoms with van der Waals surface area (Å²) in [6.45, 7) is 1.01. The first kappa shape index (κ1) is 22.8. The molecule has 1 unspecified atom stereocenters. The van der Waals surface area contributed by atoms with Crippen LogP contribution < -0.4 is 10.6 Å². The van der Waals surface area contributed by atoms with E-state index in [1.54, 1.807) is 0 Å². The largest absolute Gasteiger partial charge is 0.480 e. The summed E-state index contributed by atoms with van der Waals surface area (Å²) in [5.74, 6) is -0.156. The number of hydrogen-bond donors (Lipinski definition) is 3. The number of carboxylic acids is 1. The molecule has 2 heterocycles. The standard InChI is InChI=1S/C25H33N3O3/c29-23(18-19-10-5-4-6-11-19)28-22(25(30)31)14-8-3-1-2-7-13-21-16-15-20-12-9-17-26-24(20)27-21/h4-6,10-11,15-16,22H,1-3,7-9,12-14,17-18H2,(H,26,27)(H,28,29)(H,30,31). The van der Waals surface area contributed by atoms with Gasteiger partial charge in [0.15, 0.2) is 0 Å². The van der Waals surface area contributed by atoms with Gasteiger partial charge in [0.1, 0.15) is 11.9 Å². The maximum Gasteiger partial charge on any atom is 0.326 e. The Morgan fingerprint density at radius 2 is 1.81 bits per heavy atom. The van der Waals surface area contributed by atoms with E-state index in [0.29, 0.717) is 6.42 Å². The summed E-state index contributed by atoms with van der Waals surface area (Å²) < 4.78 is 0. The van der Waals surface area contributed by atoms with Gasteiger partial charge in [-0.15, -0.1) is 0 Å². The quantitative estimate of drug-likeness (QED) is 0.447. The summed E-state index contributed by atoms with van der Waals surface area (Å²) in [4.78, 5) is 28.4. The second-order valence-corrected chi connectivity index (χ2v) is 8.27. The highest BCUT2D eigenvalue weighted by molar-refractivity contribution is 5.84. The van der Waals surface area contributed by atoms with Crippen molar-refractivity contribution in [3.8, 4) is 0 Å². The third kappa shape index (κ3) is 7.70. The van der Waals surface area contributed by atoms with Crippen molar-refractivity contribution in [2.24, 2.45) is 0 Å². The highest BCUT2D eigenvalue weighted by atomic mass is 16.4. The third-order valence-corrected chi connectivity index (χ3v) is 5.72. The van der Waals surface area contributed by atoms with Crippen LogP contribution in [0.3, 0.4) is 0 Å². The molecule has 1 atom stereocenters. The van der Waals surface area contributed by atoms with E-state index in [9.17, 15) is 14.7 Å². The number of carbonyl (C=O) groups is 2. The minimum absolute atomic E-state index is 0.205. The summed E-state index contributed by atoms with van der Waals surface area (Å²) in [5.41, 5.74) is 3.34. The molecule has 1 aromatic heterocycles. The summed E-state index contributed by atoms with van der Waals surface area (Å²) in [6.07, 6.45) is 8.95. The van der Waals surface area contributed by atoms with Gasteiger partial charge in [0.2, 0.25) is 5.91 Å². The average Bonchev–Trinajstić information content (AvgIpc) is 2.78. The first-order chi connectivity index (χ1) is 15.1. The molecule has 1 aliphatic heterocycles. The second kappa shape index (κ2) is 12.1. The van der Waals surface area contributed by atoms with Crippen molar-refractivity contribution in [1.29, 1.82) is 0 Å². The number of aromatic nitrogens is 1. The monoisotopic (exact) mass is 423 g/mol. The Balaban J connectivity index is 1.29. The highest BCUT2D eigenvalue weighted by Crippen LogP contribution is 2.20. The lowest BCUT2D eigenvalue weighted by Gasteiger charge is -2.17. The molecule has 3 rings (SSSR count). The van der Waals surface area contributed by atoms with Gasteiger partial charge in [0, 0.05) is 12.2 Å². The number of unbranched alkanes of at least 4 members (excludes halogenated alkanes) is 4. The van der Waals surface area contributed by atoms with E-state index in [0.717, 1.165) is 68.6 Å². The van der Waals surface area contributed by atoms with Crippen molar-refractivity contribution >= 4 is 17.7 Å². The maximum absolute atomic E-state index is 12.1. The lowest BCUT2D eigenvalue weighted by atomic mass is 10.0. The number of anilines is 1. The molecule has 1 amide bonds. The first-order valence-corrected chi connectivity index (χ1v) is 11.4. The van der Waals surface area contributed by atoms with Gasteiger partial charge >= 0.3 is 5.97 Å².